The first-order valence-electron chi connectivity index (χ1n) is 10.9. The van der Waals surface area contributed by atoms with Crippen LogP contribution in [0.4, 0.5) is 11.4 Å². The van der Waals surface area contributed by atoms with Crippen molar-refractivity contribution in [1.82, 2.24) is 0 Å². The molecule has 0 atom stereocenters. The lowest BCUT2D eigenvalue weighted by Crippen LogP contribution is -2.17. The van der Waals surface area contributed by atoms with Gasteiger partial charge in [-0.05, 0) is 54.0 Å². The Morgan fingerprint density at radius 1 is 0.742 bits per heavy atom. The zero-order valence-corrected chi connectivity index (χ0v) is 19.5. The summed E-state index contributed by atoms with van der Waals surface area (Å²) >= 11 is 5.60. The minimum atomic E-state index is -0.862. The molecule has 1 aliphatic heterocycles. The van der Waals surface area contributed by atoms with E-state index in [4.69, 9.17) is 16.7 Å². The molecule has 0 radical (unpaired) electrons. The molecule has 1 aliphatic rings. The standard InChI is InChI=1S/C26H29N2OPS/c31-26(22-23-12-4-1-5-13-23)18-10-11-21-29-30-27(24-14-6-2-7-15-24)19-20-28(30)25-16-8-3-9-17-25/h1-9,12-17H,10-11,18-22H2. The fourth-order valence-electron chi connectivity index (χ4n) is 3.77. The van der Waals surface area contributed by atoms with Crippen LogP contribution in [0.1, 0.15) is 24.8 Å². The molecule has 3 aromatic carbocycles. The molecule has 0 bridgehead atoms. The van der Waals surface area contributed by atoms with E-state index in [-0.39, 0.29) is 0 Å². The molecule has 0 amide bonds. The van der Waals surface area contributed by atoms with Gasteiger partial charge in [-0.25, -0.2) is 0 Å². The Labute approximate surface area is 192 Å². The van der Waals surface area contributed by atoms with Crippen molar-refractivity contribution in [1.29, 1.82) is 0 Å². The number of hydrogen-bond acceptors (Lipinski definition) is 4. The Balaban J connectivity index is 1.31. The minimum Gasteiger partial charge on any atom is -0.323 e. The summed E-state index contributed by atoms with van der Waals surface area (Å²) in [6.45, 7) is 2.71. The first-order valence-corrected chi connectivity index (χ1v) is 12.5. The number of nitrogens with zero attached hydrogens (tertiary/aromatic N) is 2. The zero-order chi connectivity index (χ0) is 21.3. The topological polar surface area (TPSA) is 15.7 Å². The lowest BCUT2D eigenvalue weighted by atomic mass is 10.1. The Kier molecular flexibility index (Phi) is 8.06. The maximum absolute atomic E-state index is 6.51. The molecule has 1 heterocycles. The second-order valence-electron chi connectivity index (χ2n) is 7.66. The predicted molar refractivity (Wildman–Crippen MR) is 137 cm³/mol. The van der Waals surface area contributed by atoms with Crippen LogP contribution in [0.2, 0.25) is 0 Å². The van der Waals surface area contributed by atoms with Crippen LogP contribution in [0.25, 0.3) is 0 Å². The van der Waals surface area contributed by atoms with E-state index in [1.165, 1.54) is 16.9 Å². The summed E-state index contributed by atoms with van der Waals surface area (Å²) in [5.74, 6) is 0. The van der Waals surface area contributed by atoms with Gasteiger partial charge in [-0.3, -0.25) is 0 Å². The molecule has 0 spiro atoms. The van der Waals surface area contributed by atoms with Gasteiger partial charge in [0.15, 0.2) is 0 Å². The summed E-state index contributed by atoms with van der Waals surface area (Å²) in [6, 6.07) is 31.7. The van der Waals surface area contributed by atoms with Crippen LogP contribution in [0.5, 0.6) is 0 Å². The summed E-state index contributed by atoms with van der Waals surface area (Å²) in [5, 5.41) is 0. The first kappa shape index (κ1) is 22.0. The van der Waals surface area contributed by atoms with E-state index < -0.39 is 8.45 Å². The third kappa shape index (κ3) is 6.13. The van der Waals surface area contributed by atoms with Crippen molar-refractivity contribution in [3.05, 3.63) is 96.6 Å². The van der Waals surface area contributed by atoms with Gasteiger partial charge in [0.05, 0.1) is 6.61 Å². The van der Waals surface area contributed by atoms with Gasteiger partial charge in [0.25, 0.3) is 0 Å². The zero-order valence-electron chi connectivity index (χ0n) is 17.8. The largest absolute Gasteiger partial charge is 0.323 e. The molecule has 4 rings (SSSR count). The van der Waals surface area contributed by atoms with Crippen LogP contribution in [-0.4, -0.2) is 24.6 Å². The second-order valence-corrected chi connectivity index (χ2v) is 9.97. The van der Waals surface area contributed by atoms with E-state index in [2.05, 4.69) is 94.3 Å². The monoisotopic (exact) mass is 448 g/mol. The highest BCUT2D eigenvalue weighted by atomic mass is 32.1. The number of benzene rings is 3. The highest BCUT2D eigenvalue weighted by molar-refractivity contribution is 7.80. The number of hydrogen-bond donors (Lipinski definition) is 0. The average Bonchev–Trinajstić information content (AvgIpc) is 3.24. The van der Waals surface area contributed by atoms with Crippen molar-refractivity contribution < 1.29 is 4.52 Å². The van der Waals surface area contributed by atoms with Crippen molar-refractivity contribution in [3.8, 4) is 0 Å². The quantitative estimate of drug-likeness (QED) is 0.188. The van der Waals surface area contributed by atoms with Crippen LogP contribution in [0.15, 0.2) is 91.0 Å². The third-order valence-electron chi connectivity index (χ3n) is 5.35. The highest BCUT2D eigenvalue weighted by Crippen LogP contribution is 2.53. The van der Waals surface area contributed by atoms with Crippen LogP contribution < -0.4 is 9.34 Å². The Hall–Kier alpha value is -2.26. The molecule has 5 heteroatoms. The van der Waals surface area contributed by atoms with Crippen molar-refractivity contribution in [3.63, 3.8) is 0 Å². The molecule has 31 heavy (non-hydrogen) atoms. The molecule has 0 aliphatic carbocycles. The minimum absolute atomic E-state index is 0.756. The molecule has 1 fully saturated rings. The van der Waals surface area contributed by atoms with Crippen molar-refractivity contribution >= 4 is 36.9 Å². The molecular weight excluding hydrogens is 419 g/mol. The van der Waals surface area contributed by atoms with Gasteiger partial charge >= 0.3 is 0 Å². The molecule has 3 aromatic rings. The lowest BCUT2D eigenvalue weighted by Gasteiger charge is -2.30. The summed E-state index contributed by atoms with van der Waals surface area (Å²) in [4.78, 5) is 1.13. The van der Waals surface area contributed by atoms with E-state index in [0.717, 1.165) is 50.2 Å². The number of anilines is 2. The van der Waals surface area contributed by atoms with E-state index in [0.29, 0.717) is 0 Å². The molecule has 1 saturated heterocycles. The molecular formula is C26H29N2OPS. The molecule has 0 aromatic heterocycles. The highest BCUT2D eigenvalue weighted by Gasteiger charge is 2.34. The Morgan fingerprint density at radius 2 is 1.26 bits per heavy atom. The van der Waals surface area contributed by atoms with Gasteiger partial charge in [-0.1, -0.05) is 78.9 Å². The number of thiocarbonyl (C=S) groups is 1. The van der Waals surface area contributed by atoms with Crippen LogP contribution >= 0.6 is 20.7 Å². The SMILES string of the molecule is S=C(CCCCOP1N(c2ccccc2)CCN1c1ccccc1)Cc1ccccc1. The van der Waals surface area contributed by atoms with Gasteiger partial charge in [-0.2, -0.15) is 0 Å². The molecule has 0 unspecified atom stereocenters. The summed E-state index contributed by atoms with van der Waals surface area (Å²) in [5.41, 5.74) is 3.77. The Bertz CT molecular complexity index is 892. The van der Waals surface area contributed by atoms with E-state index in [9.17, 15) is 0 Å². The maximum Gasteiger partial charge on any atom is 0.248 e. The van der Waals surface area contributed by atoms with Crippen LogP contribution in [0, 0.1) is 0 Å². The van der Waals surface area contributed by atoms with Crippen molar-refractivity contribution in [2.45, 2.75) is 25.7 Å². The fraction of sp³-hybridized carbons (Fsp3) is 0.269. The third-order valence-corrected chi connectivity index (χ3v) is 7.80. The van der Waals surface area contributed by atoms with Gasteiger partial charge in [-0.15, -0.1) is 0 Å². The lowest BCUT2D eigenvalue weighted by molar-refractivity contribution is 0.340. The Morgan fingerprint density at radius 3 is 1.81 bits per heavy atom. The second kappa shape index (κ2) is 11.4. The van der Waals surface area contributed by atoms with Gasteiger partial charge < -0.3 is 13.9 Å². The normalized spacial score (nSPS) is 14.2. The van der Waals surface area contributed by atoms with Gasteiger partial charge in [0.1, 0.15) is 0 Å². The smallest absolute Gasteiger partial charge is 0.248 e. The summed E-state index contributed by atoms with van der Waals surface area (Å²) < 4.78 is 11.3. The number of para-hydroxylation sites is 2. The van der Waals surface area contributed by atoms with Crippen molar-refractivity contribution in [2.24, 2.45) is 0 Å². The van der Waals surface area contributed by atoms with Gasteiger partial charge in [0.2, 0.25) is 8.45 Å². The van der Waals surface area contributed by atoms with Crippen LogP contribution in [0.3, 0.4) is 0 Å². The van der Waals surface area contributed by atoms with Crippen LogP contribution in [-0.2, 0) is 10.9 Å². The van der Waals surface area contributed by atoms with Gasteiger partial charge in [0, 0.05) is 30.9 Å². The summed E-state index contributed by atoms with van der Waals surface area (Å²) in [6.07, 6.45) is 3.98. The molecule has 160 valence electrons. The van der Waals surface area contributed by atoms with E-state index >= 15 is 0 Å². The summed E-state index contributed by atoms with van der Waals surface area (Å²) in [7, 11) is -0.862. The van der Waals surface area contributed by atoms with E-state index in [1.54, 1.807) is 0 Å². The number of rotatable bonds is 10. The number of unbranched alkanes of at least 4 members (excludes halogenated alkanes) is 1. The predicted octanol–water partition coefficient (Wildman–Crippen LogP) is 7.04. The fourth-order valence-corrected chi connectivity index (χ4v) is 6.09. The molecule has 0 saturated carbocycles. The van der Waals surface area contributed by atoms with E-state index in [1.807, 2.05) is 6.07 Å². The molecule has 3 nitrogen and oxygen atoms in total. The average molecular weight is 449 g/mol. The van der Waals surface area contributed by atoms with Crippen molar-refractivity contribution in [2.75, 3.05) is 29.0 Å². The molecule has 0 N–H and O–H groups in total. The maximum atomic E-state index is 6.51. The first-order chi connectivity index (χ1) is 15.3.